The highest BCUT2D eigenvalue weighted by Crippen LogP contribution is 2.35. The lowest BCUT2D eigenvalue weighted by Crippen LogP contribution is -2.44. The molecule has 0 aliphatic carbocycles. The van der Waals surface area contributed by atoms with E-state index in [0.717, 1.165) is 43.6 Å². The molecule has 4 heteroatoms. The highest BCUT2D eigenvalue weighted by molar-refractivity contribution is 7.14. The van der Waals surface area contributed by atoms with Gasteiger partial charge >= 0.3 is 0 Å². The van der Waals surface area contributed by atoms with Gasteiger partial charge < -0.3 is 10.0 Å². The number of aliphatic hydroxyl groups is 1. The second-order valence-corrected chi connectivity index (χ2v) is 7.01. The highest BCUT2D eigenvalue weighted by atomic mass is 32.1. The van der Waals surface area contributed by atoms with Crippen molar-refractivity contribution in [2.75, 3.05) is 19.7 Å². The van der Waals surface area contributed by atoms with Gasteiger partial charge in [-0.2, -0.15) is 0 Å². The predicted octanol–water partition coefficient (Wildman–Crippen LogP) is 3.24. The molecule has 1 N–H and O–H groups in total. The molecule has 0 saturated carbocycles. The Morgan fingerprint density at radius 1 is 1.40 bits per heavy atom. The molecule has 1 saturated heterocycles. The van der Waals surface area contributed by atoms with Crippen LogP contribution in [0.1, 0.15) is 53.2 Å². The molecule has 20 heavy (non-hydrogen) atoms. The van der Waals surface area contributed by atoms with Gasteiger partial charge in [-0.3, -0.25) is 4.79 Å². The van der Waals surface area contributed by atoms with E-state index < -0.39 is 0 Å². The highest BCUT2D eigenvalue weighted by Gasteiger charge is 2.34. The lowest BCUT2D eigenvalue weighted by Gasteiger charge is -2.40. The van der Waals surface area contributed by atoms with Crippen LogP contribution in [0.2, 0.25) is 0 Å². The van der Waals surface area contributed by atoms with Gasteiger partial charge in [0.2, 0.25) is 0 Å². The third-order valence-corrected chi connectivity index (χ3v) is 6.12. The van der Waals surface area contributed by atoms with E-state index in [0.29, 0.717) is 0 Å². The van der Waals surface area contributed by atoms with Crippen molar-refractivity contribution >= 4 is 17.2 Å². The van der Waals surface area contributed by atoms with Crippen molar-refractivity contribution in [1.29, 1.82) is 0 Å². The van der Waals surface area contributed by atoms with Crippen LogP contribution in [0.4, 0.5) is 0 Å². The molecule has 0 aromatic carbocycles. The van der Waals surface area contributed by atoms with E-state index >= 15 is 0 Å². The van der Waals surface area contributed by atoms with Gasteiger partial charge in [0.15, 0.2) is 0 Å². The standard InChI is InChI=1S/C16H25NO2S/c1-4-13-12(3)10-14(20-13)15(19)17-8-6-16(5-2,11-18)7-9-17/h10,18H,4-9,11H2,1-3H3. The number of hydrogen-bond donors (Lipinski definition) is 1. The molecule has 0 radical (unpaired) electrons. The Balaban J connectivity index is 2.04. The molecule has 1 aromatic rings. The predicted molar refractivity (Wildman–Crippen MR) is 83.4 cm³/mol. The lowest BCUT2D eigenvalue weighted by molar-refractivity contribution is 0.0341. The maximum atomic E-state index is 12.5. The Morgan fingerprint density at radius 2 is 2.05 bits per heavy atom. The summed E-state index contributed by atoms with van der Waals surface area (Å²) in [6.45, 7) is 8.12. The van der Waals surface area contributed by atoms with Crippen molar-refractivity contribution in [3.63, 3.8) is 0 Å². The molecule has 0 unspecified atom stereocenters. The van der Waals surface area contributed by atoms with Crippen LogP contribution in [0.15, 0.2) is 6.07 Å². The summed E-state index contributed by atoms with van der Waals surface area (Å²) in [6, 6.07) is 2.03. The lowest BCUT2D eigenvalue weighted by atomic mass is 9.77. The summed E-state index contributed by atoms with van der Waals surface area (Å²) in [7, 11) is 0. The maximum Gasteiger partial charge on any atom is 0.263 e. The summed E-state index contributed by atoms with van der Waals surface area (Å²) in [5, 5.41) is 9.55. The van der Waals surface area contributed by atoms with Crippen LogP contribution in [-0.4, -0.2) is 35.6 Å². The Hall–Kier alpha value is -0.870. The van der Waals surface area contributed by atoms with Crippen molar-refractivity contribution in [2.24, 2.45) is 5.41 Å². The average Bonchev–Trinajstić information content (AvgIpc) is 2.87. The molecular weight excluding hydrogens is 270 g/mol. The molecule has 1 aliphatic heterocycles. The number of piperidine rings is 1. The molecule has 1 amide bonds. The number of rotatable bonds is 4. The first kappa shape index (κ1) is 15.5. The number of carbonyl (C=O) groups excluding carboxylic acids is 1. The van der Waals surface area contributed by atoms with Crippen LogP contribution in [0, 0.1) is 12.3 Å². The molecule has 112 valence electrons. The third kappa shape index (κ3) is 2.91. The average molecular weight is 295 g/mol. The van der Waals surface area contributed by atoms with Gasteiger partial charge in [-0.1, -0.05) is 13.8 Å². The van der Waals surface area contributed by atoms with Gasteiger partial charge in [0.05, 0.1) is 4.88 Å². The maximum absolute atomic E-state index is 12.5. The van der Waals surface area contributed by atoms with Gasteiger partial charge in [-0.15, -0.1) is 11.3 Å². The summed E-state index contributed by atoms with van der Waals surface area (Å²) in [5.74, 6) is 0.167. The summed E-state index contributed by atoms with van der Waals surface area (Å²) in [6.07, 6.45) is 3.81. The first-order valence-electron chi connectivity index (χ1n) is 7.54. The van der Waals surface area contributed by atoms with Crippen molar-refractivity contribution in [2.45, 2.75) is 46.5 Å². The van der Waals surface area contributed by atoms with E-state index in [4.69, 9.17) is 0 Å². The molecule has 3 nitrogen and oxygen atoms in total. The van der Waals surface area contributed by atoms with Crippen molar-refractivity contribution in [3.8, 4) is 0 Å². The summed E-state index contributed by atoms with van der Waals surface area (Å²) in [4.78, 5) is 16.7. The van der Waals surface area contributed by atoms with Gasteiger partial charge in [-0.25, -0.2) is 0 Å². The van der Waals surface area contributed by atoms with Crippen molar-refractivity contribution < 1.29 is 9.90 Å². The van der Waals surface area contributed by atoms with Crippen LogP contribution in [0.5, 0.6) is 0 Å². The smallest absolute Gasteiger partial charge is 0.263 e. The Morgan fingerprint density at radius 3 is 2.50 bits per heavy atom. The fourth-order valence-electron chi connectivity index (χ4n) is 2.94. The van der Waals surface area contributed by atoms with Crippen LogP contribution >= 0.6 is 11.3 Å². The van der Waals surface area contributed by atoms with Crippen LogP contribution in [0.3, 0.4) is 0 Å². The number of thiophene rings is 1. The molecule has 0 spiro atoms. The summed E-state index contributed by atoms with van der Waals surface area (Å²) < 4.78 is 0. The molecule has 1 aromatic heterocycles. The van der Waals surface area contributed by atoms with Gasteiger partial charge in [0, 0.05) is 24.6 Å². The van der Waals surface area contributed by atoms with Crippen molar-refractivity contribution in [1.82, 2.24) is 4.90 Å². The van der Waals surface area contributed by atoms with Gasteiger partial charge in [0.25, 0.3) is 5.91 Å². The zero-order valence-corrected chi connectivity index (χ0v) is 13.6. The number of amides is 1. The van der Waals surface area contributed by atoms with E-state index in [2.05, 4.69) is 20.8 Å². The molecule has 2 rings (SSSR count). The van der Waals surface area contributed by atoms with Crippen LogP contribution in [-0.2, 0) is 6.42 Å². The molecule has 2 heterocycles. The first-order chi connectivity index (χ1) is 9.55. The van der Waals surface area contributed by atoms with E-state index in [1.165, 1.54) is 10.4 Å². The number of nitrogens with zero attached hydrogens (tertiary/aromatic N) is 1. The van der Waals surface area contributed by atoms with Gasteiger partial charge in [-0.05, 0) is 49.7 Å². The van der Waals surface area contributed by atoms with Crippen molar-refractivity contribution in [3.05, 3.63) is 21.4 Å². The monoisotopic (exact) mass is 295 g/mol. The van der Waals surface area contributed by atoms with E-state index in [1.807, 2.05) is 11.0 Å². The molecule has 1 aliphatic rings. The Bertz CT molecular complexity index is 467. The number of aliphatic hydroxyl groups excluding tert-OH is 1. The fraction of sp³-hybridized carbons (Fsp3) is 0.688. The fourth-order valence-corrected chi connectivity index (χ4v) is 4.02. The molecular formula is C16H25NO2S. The SMILES string of the molecule is CCc1sc(C(=O)N2CCC(CC)(CO)CC2)cc1C. The molecule has 1 fully saturated rings. The van der Waals surface area contributed by atoms with E-state index in [-0.39, 0.29) is 17.9 Å². The Labute approximate surface area is 125 Å². The van der Waals surface area contributed by atoms with E-state index in [9.17, 15) is 9.90 Å². The molecule has 0 bridgehead atoms. The first-order valence-corrected chi connectivity index (χ1v) is 8.36. The minimum atomic E-state index is 0.0384. The number of hydrogen-bond acceptors (Lipinski definition) is 3. The minimum Gasteiger partial charge on any atom is -0.396 e. The zero-order chi connectivity index (χ0) is 14.8. The second-order valence-electron chi connectivity index (χ2n) is 5.87. The second kappa shape index (κ2) is 6.27. The zero-order valence-electron chi connectivity index (χ0n) is 12.7. The number of carbonyl (C=O) groups is 1. The molecule has 0 atom stereocenters. The van der Waals surface area contributed by atoms with Gasteiger partial charge in [0.1, 0.15) is 0 Å². The summed E-state index contributed by atoms with van der Waals surface area (Å²) >= 11 is 1.63. The largest absolute Gasteiger partial charge is 0.396 e. The van der Waals surface area contributed by atoms with Crippen LogP contribution < -0.4 is 0 Å². The van der Waals surface area contributed by atoms with E-state index in [1.54, 1.807) is 11.3 Å². The third-order valence-electron chi connectivity index (χ3n) is 4.75. The Kier molecular flexibility index (Phi) is 4.86. The summed E-state index contributed by atoms with van der Waals surface area (Å²) in [5.41, 5.74) is 1.27. The van der Waals surface area contributed by atoms with Crippen LogP contribution in [0.25, 0.3) is 0 Å². The number of likely N-dealkylation sites (tertiary alicyclic amines) is 1. The topological polar surface area (TPSA) is 40.5 Å². The number of aryl methyl sites for hydroxylation is 2. The minimum absolute atomic E-state index is 0.0384. The quantitative estimate of drug-likeness (QED) is 0.926. The normalized spacial score (nSPS) is 18.3.